The van der Waals surface area contributed by atoms with Crippen molar-refractivity contribution < 1.29 is 28.0 Å². The number of ether oxygens (including phenoxy) is 4. The normalized spacial score (nSPS) is 24.1. The first-order valence-corrected chi connectivity index (χ1v) is 19.4. The lowest BCUT2D eigenvalue weighted by Gasteiger charge is -2.37. The minimum atomic E-state index is -1.45. The molecule has 1 aromatic heterocycles. The van der Waals surface area contributed by atoms with E-state index in [0.717, 1.165) is 53.1 Å². The number of fused-ring (bicyclic) bond motifs is 1. The minimum absolute atomic E-state index is 0.0971. The molecule has 0 radical (unpaired) electrons. The lowest BCUT2D eigenvalue weighted by molar-refractivity contribution is -0.0920. The van der Waals surface area contributed by atoms with Crippen LogP contribution in [0.3, 0.4) is 0 Å². The minimum Gasteiger partial charge on any atom is -0.497 e. The van der Waals surface area contributed by atoms with Gasteiger partial charge in [-0.1, -0.05) is 84.9 Å². The first kappa shape index (κ1) is 36.4. The van der Waals surface area contributed by atoms with Gasteiger partial charge < -0.3 is 28.0 Å². The summed E-state index contributed by atoms with van der Waals surface area (Å²) in [5.74, 6) is 1.45. The summed E-state index contributed by atoms with van der Waals surface area (Å²) in [6.07, 6.45) is 2.05. The predicted molar refractivity (Wildman–Crippen MR) is 205 cm³/mol. The van der Waals surface area contributed by atoms with Gasteiger partial charge in [0.25, 0.3) is 14.1 Å². The standard InChI is InChI=1S/C42H44N3O8P/c1-28-26-44(41(47)43-40(28)46)38-25-36(52-54-45-24-10-15-35(45)39(53-54)29-11-6-4-7-12-29)37(51-38)27-50-42(30-13-8-5-9-14-30,31-16-20-33(48-2)21-17-31)32-18-22-34(49-3)23-19-32/h4-9,11-14,16-23,26,35-39H,10,15,24-25,27H2,1-3H3,(H,43,46,47)/t35-,36+,37-,38-,39+,54?/m1/s1. The quantitative estimate of drug-likeness (QED) is 0.106. The van der Waals surface area contributed by atoms with E-state index in [1.54, 1.807) is 27.3 Å². The molecule has 0 saturated carbocycles. The molecule has 0 bridgehead atoms. The maximum atomic E-state index is 13.2. The molecule has 0 spiro atoms. The zero-order valence-corrected chi connectivity index (χ0v) is 31.4. The van der Waals surface area contributed by atoms with Crippen molar-refractivity contribution in [2.75, 3.05) is 27.4 Å². The van der Waals surface area contributed by atoms with Crippen LogP contribution in [0, 0.1) is 6.92 Å². The van der Waals surface area contributed by atoms with Gasteiger partial charge >= 0.3 is 5.69 Å². The van der Waals surface area contributed by atoms with Gasteiger partial charge in [-0.25, -0.2) is 9.46 Å². The zero-order valence-electron chi connectivity index (χ0n) is 30.5. The Morgan fingerprint density at radius 1 is 0.833 bits per heavy atom. The Balaban J connectivity index is 1.17. The third kappa shape index (κ3) is 6.92. The summed E-state index contributed by atoms with van der Waals surface area (Å²) < 4.78 is 42.6. The summed E-state index contributed by atoms with van der Waals surface area (Å²) in [5.41, 5.74) is 2.15. The molecule has 3 aliphatic rings. The van der Waals surface area contributed by atoms with Crippen LogP contribution in [0.1, 0.15) is 59.4 Å². The highest BCUT2D eigenvalue weighted by atomic mass is 31.2. The van der Waals surface area contributed by atoms with Gasteiger partial charge in [0.05, 0.1) is 26.9 Å². The van der Waals surface area contributed by atoms with Crippen molar-refractivity contribution in [3.8, 4) is 11.5 Å². The van der Waals surface area contributed by atoms with Gasteiger partial charge in [0.15, 0.2) is 0 Å². The van der Waals surface area contributed by atoms with Crippen molar-refractivity contribution in [1.29, 1.82) is 0 Å². The van der Waals surface area contributed by atoms with Crippen LogP contribution in [0.25, 0.3) is 0 Å². The van der Waals surface area contributed by atoms with Crippen LogP contribution >= 0.6 is 8.53 Å². The molecule has 3 fully saturated rings. The van der Waals surface area contributed by atoms with Gasteiger partial charge in [0.2, 0.25) is 0 Å². The Morgan fingerprint density at radius 2 is 1.44 bits per heavy atom. The van der Waals surface area contributed by atoms with Gasteiger partial charge in [-0.15, -0.1) is 0 Å². The van der Waals surface area contributed by atoms with Crippen LogP contribution in [0.5, 0.6) is 11.5 Å². The van der Waals surface area contributed by atoms with E-state index < -0.39 is 43.8 Å². The van der Waals surface area contributed by atoms with E-state index in [9.17, 15) is 9.59 Å². The second-order valence-corrected chi connectivity index (χ2v) is 15.3. The van der Waals surface area contributed by atoms with E-state index in [1.807, 2.05) is 84.9 Å². The molecular formula is C42H44N3O8P. The fraction of sp³-hybridized carbons (Fsp3) is 0.333. The molecule has 5 aromatic rings. The molecule has 11 nitrogen and oxygen atoms in total. The van der Waals surface area contributed by atoms with Crippen LogP contribution in [-0.4, -0.2) is 59.8 Å². The molecule has 1 unspecified atom stereocenters. The van der Waals surface area contributed by atoms with Crippen LogP contribution in [0.15, 0.2) is 125 Å². The molecule has 4 heterocycles. The predicted octanol–water partition coefficient (Wildman–Crippen LogP) is 7.01. The highest BCUT2D eigenvalue weighted by molar-refractivity contribution is 7.45. The molecule has 3 aliphatic heterocycles. The van der Waals surface area contributed by atoms with Crippen molar-refractivity contribution in [2.24, 2.45) is 0 Å². The number of hydrogen-bond donors (Lipinski definition) is 1. The SMILES string of the molecule is COc1ccc(C(OC[C@H]2O[C@@H](n3cc(C)c(=O)[nH]c3=O)C[C@@H]2OP2O[C@@H](c3ccccc3)[C@H]3CCCN32)(c2ccccc2)c2ccc(OC)cc2)cc1. The van der Waals surface area contributed by atoms with E-state index in [1.165, 1.54) is 4.57 Å². The number of aromatic amines is 1. The van der Waals surface area contributed by atoms with E-state index in [0.29, 0.717) is 12.0 Å². The van der Waals surface area contributed by atoms with E-state index >= 15 is 0 Å². The first-order chi connectivity index (χ1) is 26.4. The monoisotopic (exact) mass is 749 g/mol. The maximum Gasteiger partial charge on any atom is 0.330 e. The number of rotatable bonds is 12. The van der Waals surface area contributed by atoms with Gasteiger partial charge in [0, 0.05) is 30.8 Å². The second kappa shape index (κ2) is 15.6. The number of nitrogens with one attached hydrogen (secondary N) is 1. The topological polar surface area (TPSA) is 113 Å². The molecule has 4 aromatic carbocycles. The second-order valence-electron chi connectivity index (χ2n) is 13.8. The molecule has 1 N–H and O–H groups in total. The van der Waals surface area contributed by atoms with Gasteiger partial charge in [-0.2, -0.15) is 0 Å². The smallest absolute Gasteiger partial charge is 0.330 e. The molecule has 0 aliphatic carbocycles. The van der Waals surface area contributed by atoms with Crippen molar-refractivity contribution in [3.63, 3.8) is 0 Å². The average molecular weight is 750 g/mol. The first-order valence-electron chi connectivity index (χ1n) is 18.3. The Morgan fingerprint density at radius 3 is 2.07 bits per heavy atom. The Bertz CT molecular complexity index is 2100. The van der Waals surface area contributed by atoms with Gasteiger partial charge in [-0.05, 0) is 66.3 Å². The molecule has 3 saturated heterocycles. The molecule has 6 atom stereocenters. The lowest BCUT2D eigenvalue weighted by Crippen LogP contribution is -2.38. The number of aromatic nitrogens is 2. The van der Waals surface area contributed by atoms with Crippen molar-refractivity contribution in [2.45, 2.75) is 62.4 Å². The Labute approximate surface area is 315 Å². The zero-order chi connectivity index (χ0) is 37.2. The largest absolute Gasteiger partial charge is 0.497 e. The van der Waals surface area contributed by atoms with Crippen LogP contribution < -0.4 is 20.7 Å². The molecule has 54 heavy (non-hydrogen) atoms. The Hall–Kier alpha value is -4.61. The fourth-order valence-corrected chi connectivity index (χ4v) is 9.84. The third-order valence-electron chi connectivity index (χ3n) is 10.7. The highest BCUT2D eigenvalue weighted by Gasteiger charge is 2.51. The number of hydrogen-bond acceptors (Lipinski definition) is 9. The van der Waals surface area contributed by atoms with E-state index in [-0.39, 0.29) is 18.8 Å². The highest BCUT2D eigenvalue weighted by Crippen LogP contribution is 2.61. The summed E-state index contributed by atoms with van der Waals surface area (Å²) in [6.45, 7) is 2.64. The number of H-pyrrole nitrogens is 1. The number of nitrogens with zero attached hydrogens (tertiary/aromatic N) is 2. The maximum absolute atomic E-state index is 13.2. The summed E-state index contributed by atoms with van der Waals surface area (Å²) in [5, 5.41) is 0. The van der Waals surface area contributed by atoms with Crippen molar-refractivity contribution in [3.05, 3.63) is 164 Å². The molecule has 12 heteroatoms. The third-order valence-corrected chi connectivity index (χ3v) is 12.4. The van der Waals surface area contributed by atoms with Crippen LogP contribution in [-0.2, 0) is 24.1 Å². The molecule has 8 rings (SSSR count). The van der Waals surface area contributed by atoms with E-state index in [4.69, 9.17) is 28.0 Å². The summed E-state index contributed by atoms with van der Waals surface area (Å²) in [4.78, 5) is 27.9. The molecular weight excluding hydrogens is 705 g/mol. The van der Waals surface area contributed by atoms with Crippen LogP contribution in [0.4, 0.5) is 0 Å². The molecule has 280 valence electrons. The summed E-state index contributed by atoms with van der Waals surface area (Å²) >= 11 is 0. The number of aryl methyl sites for hydroxylation is 1. The Kier molecular flexibility index (Phi) is 10.5. The van der Waals surface area contributed by atoms with E-state index in [2.05, 4.69) is 33.9 Å². The van der Waals surface area contributed by atoms with Gasteiger partial charge in [-0.3, -0.25) is 14.3 Å². The average Bonchev–Trinajstić information content (AvgIpc) is 3.95. The number of benzene rings is 4. The molecule has 0 amide bonds. The number of methoxy groups -OCH3 is 2. The van der Waals surface area contributed by atoms with Crippen molar-refractivity contribution in [1.82, 2.24) is 14.2 Å². The summed E-state index contributed by atoms with van der Waals surface area (Å²) in [7, 11) is 1.84. The fourth-order valence-electron chi connectivity index (χ4n) is 7.86. The van der Waals surface area contributed by atoms with Gasteiger partial charge in [0.1, 0.15) is 35.5 Å². The van der Waals surface area contributed by atoms with Crippen LogP contribution in [0.2, 0.25) is 0 Å². The summed E-state index contributed by atoms with van der Waals surface area (Å²) in [6, 6.07) is 36.3. The van der Waals surface area contributed by atoms with Crippen molar-refractivity contribution >= 4 is 8.53 Å². The lowest BCUT2D eigenvalue weighted by atomic mass is 9.80.